The Morgan fingerprint density at radius 3 is 2.81 bits per heavy atom. The Kier molecular flexibility index (Phi) is 4.14. The van der Waals surface area contributed by atoms with E-state index in [2.05, 4.69) is 4.72 Å². The molecule has 0 unspecified atom stereocenters. The van der Waals surface area contributed by atoms with Crippen molar-refractivity contribution in [1.29, 1.82) is 0 Å². The number of hydrogen-bond donors (Lipinski definition) is 1. The molecule has 0 aliphatic rings. The maximum Gasteiger partial charge on any atom is 0.419 e. The van der Waals surface area contributed by atoms with Crippen LogP contribution in [-0.4, -0.2) is 25.5 Å². The zero-order valence-corrected chi connectivity index (χ0v) is 12.0. The van der Waals surface area contributed by atoms with Gasteiger partial charge >= 0.3 is 5.76 Å². The van der Waals surface area contributed by atoms with Gasteiger partial charge < -0.3 is 14.3 Å². The average molecular weight is 313 g/mol. The van der Waals surface area contributed by atoms with Gasteiger partial charge in [-0.15, -0.1) is 0 Å². The van der Waals surface area contributed by atoms with Crippen molar-refractivity contribution in [3.63, 3.8) is 0 Å². The normalized spacial score (nSPS) is 11.9. The average Bonchev–Trinajstić information content (AvgIpc) is 2.70. The first-order chi connectivity index (χ1) is 9.81. The predicted molar refractivity (Wildman–Crippen MR) is 70.9 cm³/mol. The summed E-state index contributed by atoms with van der Waals surface area (Å²) >= 11 is 0. The van der Waals surface area contributed by atoms with Gasteiger partial charge in [-0.3, -0.25) is 4.57 Å². The van der Waals surface area contributed by atoms with Crippen LogP contribution in [0, 0.1) is 0 Å². The fraction of sp³-hybridized carbons (Fsp3) is 0.333. The van der Waals surface area contributed by atoms with Crippen molar-refractivity contribution in [2.24, 2.45) is 7.05 Å². The second-order valence-corrected chi connectivity index (χ2v) is 6.20. The molecule has 0 bridgehead atoms. The molecule has 1 N–H and O–H groups in total. The van der Waals surface area contributed by atoms with E-state index in [9.17, 15) is 23.1 Å². The molecular weight excluding hydrogens is 300 g/mol. The van der Waals surface area contributed by atoms with Crippen LogP contribution in [0.5, 0.6) is 0 Å². The number of carbonyl (C=O) groups excluding carboxylic acids is 1. The Balaban J connectivity index is 2.20. The van der Waals surface area contributed by atoms with Gasteiger partial charge in [-0.05, 0) is 25.0 Å². The van der Waals surface area contributed by atoms with Crippen LogP contribution in [0.4, 0.5) is 0 Å². The third-order valence-electron chi connectivity index (χ3n) is 2.92. The molecule has 0 saturated carbocycles. The number of carbonyl (C=O) groups is 1. The van der Waals surface area contributed by atoms with Crippen molar-refractivity contribution in [1.82, 2.24) is 9.29 Å². The molecule has 8 nitrogen and oxygen atoms in total. The number of aliphatic carboxylic acids is 1. The fourth-order valence-electron chi connectivity index (χ4n) is 1.80. The number of sulfonamides is 1. The van der Waals surface area contributed by atoms with Crippen molar-refractivity contribution in [3.05, 3.63) is 28.7 Å². The fourth-order valence-corrected chi connectivity index (χ4v) is 2.89. The highest BCUT2D eigenvalue weighted by Crippen LogP contribution is 2.17. The van der Waals surface area contributed by atoms with E-state index >= 15 is 0 Å². The zero-order chi connectivity index (χ0) is 15.6. The van der Waals surface area contributed by atoms with E-state index in [0.717, 1.165) is 0 Å². The van der Waals surface area contributed by atoms with Crippen molar-refractivity contribution in [2.45, 2.75) is 17.7 Å². The van der Waals surface area contributed by atoms with E-state index in [-0.39, 0.29) is 29.9 Å². The van der Waals surface area contributed by atoms with Gasteiger partial charge in [0.05, 0.1) is 10.4 Å². The SMILES string of the molecule is Cn1c(=O)oc2cc(S(=O)(=O)NCCCC(=O)[O-])ccc21. The van der Waals surface area contributed by atoms with Gasteiger partial charge in [-0.2, -0.15) is 0 Å². The highest BCUT2D eigenvalue weighted by atomic mass is 32.2. The molecule has 9 heteroatoms. The molecule has 0 saturated heterocycles. The molecular formula is C12H13N2O6S-. The monoisotopic (exact) mass is 313 g/mol. The summed E-state index contributed by atoms with van der Waals surface area (Å²) in [6.07, 6.45) is -0.0979. The van der Waals surface area contributed by atoms with Crippen molar-refractivity contribution >= 4 is 27.1 Å². The zero-order valence-electron chi connectivity index (χ0n) is 11.2. The number of oxazole rings is 1. The number of nitrogens with zero attached hydrogens (tertiary/aromatic N) is 1. The van der Waals surface area contributed by atoms with Gasteiger partial charge in [0.1, 0.15) is 0 Å². The minimum Gasteiger partial charge on any atom is -0.550 e. The number of carboxylic acid groups (broad SMARTS) is 1. The third-order valence-corrected chi connectivity index (χ3v) is 4.38. The summed E-state index contributed by atoms with van der Waals surface area (Å²) in [4.78, 5) is 21.5. The molecule has 0 radical (unpaired) electrons. The van der Waals surface area contributed by atoms with Crippen molar-refractivity contribution in [3.8, 4) is 0 Å². The van der Waals surface area contributed by atoms with Crippen LogP contribution in [0.1, 0.15) is 12.8 Å². The van der Waals surface area contributed by atoms with E-state index in [4.69, 9.17) is 4.42 Å². The van der Waals surface area contributed by atoms with Gasteiger partial charge in [0.15, 0.2) is 5.58 Å². The van der Waals surface area contributed by atoms with Gasteiger partial charge in [-0.1, -0.05) is 0 Å². The van der Waals surface area contributed by atoms with E-state index in [1.54, 1.807) is 0 Å². The molecule has 2 rings (SSSR count). The van der Waals surface area contributed by atoms with Gasteiger partial charge in [0.25, 0.3) is 0 Å². The van der Waals surface area contributed by atoms with Crippen LogP contribution in [-0.2, 0) is 21.9 Å². The Morgan fingerprint density at radius 2 is 2.14 bits per heavy atom. The van der Waals surface area contributed by atoms with E-state index in [0.29, 0.717) is 5.52 Å². The van der Waals surface area contributed by atoms with E-state index in [1.807, 2.05) is 0 Å². The minimum atomic E-state index is -3.79. The molecule has 21 heavy (non-hydrogen) atoms. The Hall–Kier alpha value is -2.13. The maximum atomic E-state index is 12.0. The topological polar surface area (TPSA) is 121 Å². The summed E-state index contributed by atoms with van der Waals surface area (Å²) < 4.78 is 32.5. The lowest BCUT2D eigenvalue weighted by atomic mass is 10.3. The molecule has 0 fully saturated rings. The smallest absolute Gasteiger partial charge is 0.419 e. The van der Waals surface area contributed by atoms with Crippen LogP contribution in [0.2, 0.25) is 0 Å². The number of hydrogen-bond acceptors (Lipinski definition) is 6. The van der Waals surface area contributed by atoms with Crippen LogP contribution in [0.3, 0.4) is 0 Å². The summed E-state index contributed by atoms with van der Waals surface area (Å²) in [6.45, 7) is -0.0207. The first-order valence-corrected chi connectivity index (χ1v) is 7.58. The number of benzene rings is 1. The predicted octanol–water partition coefficient (Wildman–Crippen LogP) is -1.06. The van der Waals surface area contributed by atoms with Gasteiger partial charge in [-0.25, -0.2) is 17.9 Å². The Labute approximate surface area is 120 Å². The highest BCUT2D eigenvalue weighted by molar-refractivity contribution is 7.89. The largest absolute Gasteiger partial charge is 0.550 e. The van der Waals surface area contributed by atoms with Gasteiger partial charge in [0, 0.05) is 25.6 Å². The first kappa shape index (κ1) is 15.3. The molecule has 1 aromatic carbocycles. The molecule has 0 atom stereocenters. The van der Waals surface area contributed by atoms with Crippen LogP contribution >= 0.6 is 0 Å². The maximum absolute atomic E-state index is 12.0. The summed E-state index contributed by atoms with van der Waals surface area (Å²) in [5.41, 5.74) is 0.649. The summed E-state index contributed by atoms with van der Waals surface area (Å²) in [5, 5.41) is 10.2. The molecule has 0 spiro atoms. The Morgan fingerprint density at radius 1 is 1.43 bits per heavy atom. The quantitative estimate of drug-likeness (QED) is 0.678. The second kappa shape index (κ2) is 5.70. The number of rotatable bonds is 6. The highest BCUT2D eigenvalue weighted by Gasteiger charge is 2.16. The van der Waals surface area contributed by atoms with E-state index in [1.165, 1.54) is 29.8 Å². The second-order valence-electron chi connectivity index (χ2n) is 4.43. The summed E-state index contributed by atoms with van der Waals surface area (Å²) in [6, 6.07) is 4.06. The summed E-state index contributed by atoms with van der Waals surface area (Å²) in [7, 11) is -2.27. The standard InChI is InChI=1S/C12H14N2O6S/c1-14-9-5-4-8(7-10(9)20-12(14)17)21(18,19)13-6-2-3-11(15)16/h4-5,7,13H,2-3,6H2,1H3,(H,15,16)/p-1. The van der Waals surface area contributed by atoms with Crippen LogP contribution in [0.15, 0.2) is 32.3 Å². The van der Waals surface area contributed by atoms with Crippen LogP contribution in [0.25, 0.3) is 11.1 Å². The number of nitrogens with one attached hydrogen (secondary N) is 1. The lowest BCUT2D eigenvalue weighted by Crippen LogP contribution is -2.27. The van der Waals surface area contributed by atoms with E-state index < -0.39 is 21.7 Å². The molecule has 0 aliphatic heterocycles. The molecule has 2 aromatic rings. The summed E-state index contributed by atoms with van der Waals surface area (Å²) in [5.74, 6) is -1.82. The lowest BCUT2D eigenvalue weighted by Gasteiger charge is -2.07. The number of aromatic nitrogens is 1. The number of carboxylic acids is 1. The van der Waals surface area contributed by atoms with Crippen molar-refractivity contribution < 1.29 is 22.7 Å². The van der Waals surface area contributed by atoms with Gasteiger partial charge in [0.2, 0.25) is 10.0 Å². The molecule has 1 aromatic heterocycles. The first-order valence-electron chi connectivity index (χ1n) is 6.10. The van der Waals surface area contributed by atoms with Crippen LogP contribution < -0.4 is 15.6 Å². The minimum absolute atomic E-state index is 0.0207. The number of fused-ring (bicyclic) bond motifs is 1. The molecule has 114 valence electrons. The third kappa shape index (κ3) is 3.31. The molecule has 1 heterocycles. The van der Waals surface area contributed by atoms with Crippen molar-refractivity contribution in [2.75, 3.05) is 6.54 Å². The molecule has 0 amide bonds. The number of aryl methyl sites for hydroxylation is 1. The Bertz CT molecular complexity index is 833. The molecule has 0 aliphatic carbocycles. The lowest BCUT2D eigenvalue weighted by molar-refractivity contribution is -0.305.